The summed E-state index contributed by atoms with van der Waals surface area (Å²) in [6, 6.07) is 0. The molecule has 0 aliphatic heterocycles. The molecule has 98 valence electrons. The van der Waals surface area contributed by atoms with Crippen molar-refractivity contribution in [2.75, 3.05) is 11.9 Å². The first-order valence-corrected chi connectivity index (χ1v) is 6.76. The van der Waals surface area contributed by atoms with Gasteiger partial charge in [-0.3, -0.25) is 0 Å². The lowest BCUT2D eigenvalue weighted by Crippen LogP contribution is -2.07. The Morgan fingerprint density at radius 2 is 2.11 bits per heavy atom. The number of anilines is 1. The maximum Gasteiger partial charge on any atom is 0.226 e. The molecule has 0 amide bonds. The molecule has 2 rings (SSSR count). The first-order chi connectivity index (χ1) is 8.76. The summed E-state index contributed by atoms with van der Waals surface area (Å²) in [6.07, 6.45) is 5.08. The van der Waals surface area contributed by atoms with Crippen LogP contribution in [-0.4, -0.2) is 26.1 Å². The zero-order chi connectivity index (χ0) is 13.0. The highest BCUT2D eigenvalue weighted by atomic mass is 35.5. The minimum Gasteiger partial charge on any atom is -0.368 e. The summed E-state index contributed by atoms with van der Waals surface area (Å²) in [7, 11) is 0. The van der Waals surface area contributed by atoms with Crippen molar-refractivity contribution in [2.45, 2.75) is 39.7 Å². The summed E-state index contributed by atoms with van der Waals surface area (Å²) < 4.78 is 2.07. The van der Waals surface area contributed by atoms with Crippen LogP contribution in [0.4, 0.5) is 5.82 Å². The molecule has 0 saturated carbocycles. The Morgan fingerprint density at radius 1 is 1.28 bits per heavy atom. The molecule has 0 aliphatic rings. The maximum absolute atomic E-state index is 5.91. The number of imidazole rings is 1. The van der Waals surface area contributed by atoms with Crippen LogP contribution >= 0.6 is 11.6 Å². The van der Waals surface area contributed by atoms with Crippen molar-refractivity contribution < 1.29 is 0 Å². The largest absolute Gasteiger partial charge is 0.368 e. The number of aryl methyl sites for hydroxylation is 1. The minimum absolute atomic E-state index is 0.239. The monoisotopic (exact) mass is 267 g/mol. The fraction of sp³-hybridized carbons (Fsp3) is 0.583. The van der Waals surface area contributed by atoms with Crippen molar-refractivity contribution in [1.82, 2.24) is 19.5 Å². The van der Waals surface area contributed by atoms with Gasteiger partial charge in [0.2, 0.25) is 5.28 Å². The van der Waals surface area contributed by atoms with E-state index in [9.17, 15) is 0 Å². The molecule has 5 nitrogen and oxygen atoms in total. The third-order valence-electron chi connectivity index (χ3n) is 2.73. The standard InChI is InChI=1S/C12H18ClN5/c1-3-5-6-14-10-9-11(17-12(13)16-10)15-8-18(9)7-4-2/h8H,3-7H2,1-2H3,(H,14,16,17). The van der Waals surface area contributed by atoms with Gasteiger partial charge in [-0.1, -0.05) is 20.3 Å². The van der Waals surface area contributed by atoms with Gasteiger partial charge in [0.1, 0.15) is 5.52 Å². The molecule has 2 heterocycles. The molecule has 0 fully saturated rings. The summed E-state index contributed by atoms with van der Waals surface area (Å²) in [4.78, 5) is 12.7. The molecule has 1 N–H and O–H groups in total. The Balaban J connectivity index is 2.37. The van der Waals surface area contributed by atoms with Crippen LogP contribution in [0.1, 0.15) is 33.1 Å². The summed E-state index contributed by atoms with van der Waals surface area (Å²) in [6.45, 7) is 6.08. The van der Waals surface area contributed by atoms with Gasteiger partial charge in [-0.2, -0.15) is 9.97 Å². The van der Waals surface area contributed by atoms with Crippen LogP contribution in [0, 0.1) is 0 Å². The van der Waals surface area contributed by atoms with Crippen LogP contribution < -0.4 is 5.32 Å². The van der Waals surface area contributed by atoms with Crippen molar-refractivity contribution in [2.24, 2.45) is 0 Å². The van der Waals surface area contributed by atoms with E-state index in [4.69, 9.17) is 11.6 Å². The van der Waals surface area contributed by atoms with Crippen molar-refractivity contribution in [3.8, 4) is 0 Å². The highest BCUT2D eigenvalue weighted by Crippen LogP contribution is 2.21. The van der Waals surface area contributed by atoms with Crippen LogP contribution in [0.5, 0.6) is 0 Å². The van der Waals surface area contributed by atoms with Crippen LogP contribution in [0.2, 0.25) is 5.28 Å². The van der Waals surface area contributed by atoms with Crippen molar-refractivity contribution in [3.05, 3.63) is 11.6 Å². The van der Waals surface area contributed by atoms with Gasteiger partial charge in [0.05, 0.1) is 6.33 Å². The van der Waals surface area contributed by atoms with Crippen molar-refractivity contribution in [1.29, 1.82) is 0 Å². The number of aromatic nitrogens is 4. The van der Waals surface area contributed by atoms with E-state index in [2.05, 4.69) is 38.7 Å². The first kappa shape index (κ1) is 13.1. The molecular formula is C12H18ClN5. The molecule has 2 aromatic heterocycles. The van der Waals surface area contributed by atoms with Gasteiger partial charge in [0, 0.05) is 13.1 Å². The number of unbranched alkanes of at least 4 members (excludes halogenated alkanes) is 1. The Morgan fingerprint density at radius 3 is 2.83 bits per heavy atom. The fourth-order valence-electron chi connectivity index (χ4n) is 1.87. The lowest BCUT2D eigenvalue weighted by atomic mass is 10.3. The Bertz CT molecular complexity index is 522. The molecule has 0 aromatic carbocycles. The second-order valence-corrected chi connectivity index (χ2v) is 4.57. The molecule has 0 bridgehead atoms. The highest BCUT2D eigenvalue weighted by molar-refractivity contribution is 6.28. The molecule has 0 unspecified atom stereocenters. The summed E-state index contributed by atoms with van der Waals surface area (Å²) in [5.74, 6) is 0.782. The van der Waals surface area contributed by atoms with Gasteiger partial charge >= 0.3 is 0 Å². The average molecular weight is 268 g/mol. The number of halogens is 1. The summed E-state index contributed by atoms with van der Waals surface area (Å²) in [5, 5.41) is 3.56. The minimum atomic E-state index is 0.239. The molecule has 6 heteroatoms. The van der Waals surface area contributed by atoms with E-state index in [1.54, 1.807) is 6.33 Å². The van der Waals surface area contributed by atoms with Gasteiger partial charge in [0.15, 0.2) is 11.5 Å². The van der Waals surface area contributed by atoms with Gasteiger partial charge < -0.3 is 9.88 Å². The Labute approximate surface area is 112 Å². The number of hydrogen-bond donors (Lipinski definition) is 1. The lowest BCUT2D eigenvalue weighted by Gasteiger charge is -2.09. The van der Waals surface area contributed by atoms with Gasteiger partial charge in [-0.25, -0.2) is 4.98 Å². The molecule has 18 heavy (non-hydrogen) atoms. The molecule has 0 radical (unpaired) electrons. The Hall–Kier alpha value is -1.36. The smallest absolute Gasteiger partial charge is 0.226 e. The van der Waals surface area contributed by atoms with E-state index in [0.29, 0.717) is 5.65 Å². The number of hydrogen-bond acceptors (Lipinski definition) is 4. The third-order valence-corrected chi connectivity index (χ3v) is 2.90. The second kappa shape index (κ2) is 6.00. The van der Waals surface area contributed by atoms with Crippen LogP contribution in [0.15, 0.2) is 6.33 Å². The normalized spacial score (nSPS) is 11.1. The van der Waals surface area contributed by atoms with E-state index in [0.717, 1.165) is 43.7 Å². The first-order valence-electron chi connectivity index (χ1n) is 6.38. The van der Waals surface area contributed by atoms with E-state index in [1.165, 1.54) is 0 Å². The second-order valence-electron chi connectivity index (χ2n) is 4.23. The van der Waals surface area contributed by atoms with E-state index in [1.807, 2.05) is 0 Å². The van der Waals surface area contributed by atoms with Crippen LogP contribution in [0.3, 0.4) is 0 Å². The van der Waals surface area contributed by atoms with E-state index in [-0.39, 0.29) is 5.28 Å². The molecule has 0 atom stereocenters. The number of rotatable bonds is 6. The van der Waals surface area contributed by atoms with Crippen LogP contribution in [0.25, 0.3) is 11.2 Å². The third kappa shape index (κ3) is 2.72. The van der Waals surface area contributed by atoms with Crippen LogP contribution in [-0.2, 0) is 6.54 Å². The number of nitrogens with one attached hydrogen (secondary N) is 1. The predicted molar refractivity (Wildman–Crippen MR) is 74.0 cm³/mol. The lowest BCUT2D eigenvalue weighted by molar-refractivity contribution is 0.696. The SMILES string of the molecule is CCCCNc1nc(Cl)nc2ncn(CCC)c12. The van der Waals surface area contributed by atoms with Gasteiger partial charge in [0.25, 0.3) is 0 Å². The molecule has 2 aromatic rings. The molecule has 0 spiro atoms. The fourth-order valence-corrected chi connectivity index (χ4v) is 2.03. The van der Waals surface area contributed by atoms with E-state index < -0.39 is 0 Å². The predicted octanol–water partition coefficient (Wildman–Crippen LogP) is 3.10. The van der Waals surface area contributed by atoms with Gasteiger partial charge in [-0.15, -0.1) is 0 Å². The quantitative estimate of drug-likeness (QED) is 0.645. The highest BCUT2D eigenvalue weighted by Gasteiger charge is 2.12. The zero-order valence-electron chi connectivity index (χ0n) is 10.8. The Kier molecular flexibility index (Phi) is 4.36. The van der Waals surface area contributed by atoms with Crippen molar-refractivity contribution >= 4 is 28.6 Å². The van der Waals surface area contributed by atoms with Crippen molar-refractivity contribution in [3.63, 3.8) is 0 Å². The molecular weight excluding hydrogens is 250 g/mol. The van der Waals surface area contributed by atoms with Gasteiger partial charge in [-0.05, 0) is 24.4 Å². The zero-order valence-corrected chi connectivity index (χ0v) is 11.5. The maximum atomic E-state index is 5.91. The summed E-state index contributed by atoms with van der Waals surface area (Å²) in [5.41, 5.74) is 1.60. The number of nitrogens with zero attached hydrogens (tertiary/aromatic N) is 4. The number of fused-ring (bicyclic) bond motifs is 1. The topological polar surface area (TPSA) is 55.6 Å². The average Bonchev–Trinajstić information content (AvgIpc) is 2.73. The molecule has 0 saturated heterocycles. The summed E-state index contributed by atoms with van der Waals surface area (Å²) >= 11 is 5.91. The van der Waals surface area contributed by atoms with E-state index >= 15 is 0 Å². The molecule has 0 aliphatic carbocycles.